The Morgan fingerprint density at radius 1 is 0.969 bits per heavy atom. The van der Waals surface area contributed by atoms with Crippen molar-refractivity contribution in [2.24, 2.45) is 0 Å². The highest BCUT2D eigenvalue weighted by Crippen LogP contribution is 2.18. The lowest BCUT2D eigenvalue weighted by Crippen LogP contribution is -2.29. The van der Waals surface area contributed by atoms with Gasteiger partial charge in [0.05, 0.1) is 11.0 Å². The number of para-hydroxylation sites is 3. The summed E-state index contributed by atoms with van der Waals surface area (Å²) in [5.74, 6) is 0.699. The van der Waals surface area contributed by atoms with Crippen molar-refractivity contribution >= 4 is 16.9 Å². The quantitative estimate of drug-likeness (QED) is 0.471. The SMILES string of the molecule is CCN(CC)CCOc1ccccc1CNC(=O)CCn1c(=O)n(CC)c2ccccc21. The van der Waals surface area contributed by atoms with E-state index in [9.17, 15) is 9.59 Å². The zero-order chi connectivity index (χ0) is 22.9. The number of hydrogen-bond donors (Lipinski definition) is 1. The Morgan fingerprint density at radius 3 is 2.31 bits per heavy atom. The number of ether oxygens (including phenoxy) is 1. The number of hydrogen-bond acceptors (Lipinski definition) is 4. The second kappa shape index (κ2) is 11.5. The van der Waals surface area contributed by atoms with E-state index >= 15 is 0 Å². The van der Waals surface area contributed by atoms with E-state index in [1.165, 1.54) is 0 Å². The van der Waals surface area contributed by atoms with Crippen LogP contribution in [0.25, 0.3) is 11.0 Å². The van der Waals surface area contributed by atoms with Crippen LogP contribution < -0.4 is 15.7 Å². The summed E-state index contributed by atoms with van der Waals surface area (Å²) >= 11 is 0. The Kier molecular flexibility index (Phi) is 8.50. The van der Waals surface area contributed by atoms with Gasteiger partial charge in [-0.3, -0.25) is 13.9 Å². The topological polar surface area (TPSA) is 68.5 Å². The number of rotatable bonds is 12. The lowest BCUT2D eigenvalue weighted by atomic mass is 10.2. The Labute approximate surface area is 189 Å². The molecule has 7 heteroatoms. The second-order valence-electron chi connectivity index (χ2n) is 7.68. The lowest BCUT2D eigenvalue weighted by Gasteiger charge is -2.19. The van der Waals surface area contributed by atoms with Crippen LogP contribution >= 0.6 is 0 Å². The summed E-state index contributed by atoms with van der Waals surface area (Å²) in [5.41, 5.74) is 2.63. The van der Waals surface area contributed by atoms with Crippen molar-refractivity contribution in [1.82, 2.24) is 19.4 Å². The van der Waals surface area contributed by atoms with Gasteiger partial charge in [0.2, 0.25) is 5.91 Å². The summed E-state index contributed by atoms with van der Waals surface area (Å²) in [6.07, 6.45) is 0.239. The van der Waals surface area contributed by atoms with Crippen molar-refractivity contribution in [2.45, 2.75) is 46.8 Å². The van der Waals surface area contributed by atoms with E-state index in [2.05, 4.69) is 24.1 Å². The monoisotopic (exact) mass is 438 g/mol. The van der Waals surface area contributed by atoms with Crippen LogP contribution in [0.4, 0.5) is 0 Å². The summed E-state index contributed by atoms with van der Waals surface area (Å²) in [4.78, 5) is 27.6. The molecule has 1 N–H and O–H groups in total. The van der Waals surface area contributed by atoms with Crippen molar-refractivity contribution in [3.05, 3.63) is 64.6 Å². The third-order valence-electron chi connectivity index (χ3n) is 5.81. The van der Waals surface area contributed by atoms with Gasteiger partial charge in [0, 0.05) is 38.2 Å². The molecule has 1 heterocycles. The summed E-state index contributed by atoms with van der Waals surface area (Å²) in [6, 6.07) is 15.5. The van der Waals surface area contributed by atoms with Gasteiger partial charge in [-0.1, -0.05) is 44.2 Å². The molecular formula is C25H34N4O3. The molecule has 0 unspecified atom stereocenters. The average Bonchev–Trinajstić information content (AvgIpc) is 3.10. The van der Waals surface area contributed by atoms with Gasteiger partial charge in [-0.2, -0.15) is 0 Å². The minimum atomic E-state index is -0.0943. The molecular weight excluding hydrogens is 404 g/mol. The van der Waals surface area contributed by atoms with Crippen LogP contribution in [0.1, 0.15) is 32.8 Å². The molecule has 172 valence electrons. The molecule has 0 radical (unpaired) electrons. The highest BCUT2D eigenvalue weighted by molar-refractivity contribution is 5.78. The number of imidazole rings is 1. The number of nitrogens with zero attached hydrogens (tertiary/aromatic N) is 3. The number of carbonyl (C=O) groups is 1. The second-order valence-corrected chi connectivity index (χ2v) is 7.68. The molecule has 0 bridgehead atoms. The van der Waals surface area contributed by atoms with Crippen molar-refractivity contribution in [3.8, 4) is 5.75 Å². The van der Waals surface area contributed by atoms with Crippen LogP contribution in [0.5, 0.6) is 5.75 Å². The molecule has 0 aliphatic heterocycles. The van der Waals surface area contributed by atoms with E-state index in [0.717, 1.165) is 42.0 Å². The van der Waals surface area contributed by atoms with Gasteiger partial charge in [-0.25, -0.2) is 4.79 Å². The molecule has 1 aromatic heterocycles. The first kappa shape index (κ1) is 23.6. The number of aryl methyl sites for hydroxylation is 2. The molecule has 0 fully saturated rings. The standard InChI is InChI=1S/C25H34N4O3/c1-4-27(5-2)17-18-32-23-14-10-7-11-20(23)19-26-24(30)15-16-29-22-13-9-8-12-21(22)28(6-3)25(29)31/h7-14H,4-6,15-19H2,1-3H3,(H,26,30). The number of likely N-dealkylation sites (N-methyl/N-ethyl adjacent to an activating group) is 1. The summed E-state index contributed by atoms with van der Waals surface area (Å²) in [6.45, 7) is 11.0. The maximum atomic E-state index is 12.7. The Balaban J connectivity index is 1.57. The van der Waals surface area contributed by atoms with Crippen LogP contribution in [0.3, 0.4) is 0 Å². The molecule has 3 aromatic rings. The number of nitrogens with one attached hydrogen (secondary N) is 1. The van der Waals surface area contributed by atoms with Crippen molar-refractivity contribution in [3.63, 3.8) is 0 Å². The molecule has 0 atom stereocenters. The van der Waals surface area contributed by atoms with Crippen LogP contribution in [0.2, 0.25) is 0 Å². The Hall–Kier alpha value is -3.06. The van der Waals surface area contributed by atoms with Crippen LogP contribution in [-0.4, -0.2) is 46.2 Å². The van der Waals surface area contributed by atoms with E-state index in [4.69, 9.17) is 4.74 Å². The van der Waals surface area contributed by atoms with E-state index in [0.29, 0.717) is 26.2 Å². The van der Waals surface area contributed by atoms with Crippen LogP contribution in [0, 0.1) is 0 Å². The maximum absolute atomic E-state index is 12.7. The predicted octanol–water partition coefficient (Wildman–Crippen LogP) is 3.25. The van der Waals surface area contributed by atoms with E-state index in [1.807, 2.05) is 55.5 Å². The highest BCUT2D eigenvalue weighted by atomic mass is 16.5. The molecule has 1 amide bonds. The predicted molar refractivity (Wildman–Crippen MR) is 128 cm³/mol. The smallest absolute Gasteiger partial charge is 0.329 e. The fourth-order valence-corrected chi connectivity index (χ4v) is 3.90. The number of carbonyl (C=O) groups excluding carboxylic acids is 1. The largest absolute Gasteiger partial charge is 0.492 e. The summed E-state index contributed by atoms with van der Waals surface area (Å²) in [5, 5.41) is 2.97. The Morgan fingerprint density at radius 2 is 1.62 bits per heavy atom. The summed E-state index contributed by atoms with van der Waals surface area (Å²) < 4.78 is 9.39. The van der Waals surface area contributed by atoms with Gasteiger partial charge in [-0.05, 0) is 38.2 Å². The number of amides is 1. The van der Waals surface area contributed by atoms with Gasteiger partial charge in [0.25, 0.3) is 0 Å². The summed E-state index contributed by atoms with van der Waals surface area (Å²) in [7, 11) is 0. The van der Waals surface area contributed by atoms with Crippen molar-refractivity contribution in [1.29, 1.82) is 0 Å². The minimum absolute atomic E-state index is 0.0755. The third kappa shape index (κ3) is 5.59. The molecule has 7 nitrogen and oxygen atoms in total. The molecule has 0 saturated carbocycles. The third-order valence-corrected chi connectivity index (χ3v) is 5.81. The van der Waals surface area contributed by atoms with E-state index in [1.54, 1.807) is 9.13 Å². The zero-order valence-corrected chi connectivity index (χ0v) is 19.3. The molecule has 0 aliphatic carbocycles. The zero-order valence-electron chi connectivity index (χ0n) is 19.3. The number of fused-ring (bicyclic) bond motifs is 1. The fourth-order valence-electron chi connectivity index (χ4n) is 3.90. The average molecular weight is 439 g/mol. The highest BCUT2D eigenvalue weighted by Gasteiger charge is 2.13. The lowest BCUT2D eigenvalue weighted by molar-refractivity contribution is -0.121. The molecule has 2 aromatic carbocycles. The number of benzene rings is 2. The van der Waals surface area contributed by atoms with Crippen molar-refractivity contribution < 1.29 is 9.53 Å². The normalized spacial score (nSPS) is 11.2. The number of aromatic nitrogens is 2. The first-order valence-electron chi connectivity index (χ1n) is 11.5. The first-order chi connectivity index (χ1) is 15.6. The van der Waals surface area contributed by atoms with Gasteiger partial charge in [0.1, 0.15) is 12.4 Å². The molecule has 0 spiro atoms. The van der Waals surface area contributed by atoms with Gasteiger partial charge < -0.3 is 15.0 Å². The van der Waals surface area contributed by atoms with Gasteiger partial charge >= 0.3 is 5.69 Å². The van der Waals surface area contributed by atoms with Gasteiger partial charge in [-0.15, -0.1) is 0 Å². The molecule has 3 rings (SSSR count). The van der Waals surface area contributed by atoms with Gasteiger partial charge in [0.15, 0.2) is 0 Å². The van der Waals surface area contributed by atoms with E-state index < -0.39 is 0 Å². The fraction of sp³-hybridized carbons (Fsp3) is 0.440. The first-order valence-corrected chi connectivity index (χ1v) is 11.5. The maximum Gasteiger partial charge on any atom is 0.329 e. The van der Waals surface area contributed by atoms with Crippen molar-refractivity contribution in [2.75, 3.05) is 26.2 Å². The van der Waals surface area contributed by atoms with Crippen LogP contribution in [-0.2, 0) is 24.4 Å². The minimum Gasteiger partial charge on any atom is -0.492 e. The van der Waals surface area contributed by atoms with E-state index in [-0.39, 0.29) is 18.0 Å². The molecule has 32 heavy (non-hydrogen) atoms. The van der Waals surface area contributed by atoms with Crippen LogP contribution in [0.15, 0.2) is 53.3 Å². The molecule has 0 aliphatic rings. The Bertz CT molecular complexity index is 1080. The molecule has 0 saturated heterocycles.